The normalized spacial score (nSPS) is 29.5. The second kappa shape index (κ2) is 6.68. The maximum atomic E-state index is 6.42. The Morgan fingerprint density at radius 2 is 1.90 bits per heavy atom. The van der Waals surface area contributed by atoms with Crippen LogP contribution in [0.1, 0.15) is 51.0 Å². The Hall–Kier alpha value is -0.570. The molecule has 0 aliphatic heterocycles. The van der Waals surface area contributed by atoms with E-state index < -0.39 is 0 Å². The molecule has 2 saturated carbocycles. The van der Waals surface area contributed by atoms with Gasteiger partial charge in [-0.2, -0.15) is 0 Å². The summed E-state index contributed by atoms with van der Waals surface area (Å²) in [7, 11) is 0. The summed E-state index contributed by atoms with van der Waals surface area (Å²) in [6.45, 7) is 3.97. The summed E-state index contributed by atoms with van der Waals surface area (Å²) in [5, 5.41) is 4.49. The minimum atomic E-state index is 0.00820. The molecule has 2 aliphatic carbocycles. The summed E-state index contributed by atoms with van der Waals surface area (Å²) in [6, 6.07) is 8.75. The van der Waals surface area contributed by atoms with Crippen molar-refractivity contribution in [3.05, 3.63) is 34.9 Å². The maximum absolute atomic E-state index is 6.42. The third-order valence-corrected chi connectivity index (χ3v) is 5.34. The van der Waals surface area contributed by atoms with Gasteiger partial charge in [0, 0.05) is 17.6 Å². The molecular formula is C18H26ClNO. The molecule has 0 heterocycles. The SMILES string of the molecule is CC1CCC(CNC2CC2)(OCc2ccccc2Cl)CC1. The minimum absolute atomic E-state index is 0.00820. The van der Waals surface area contributed by atoms with Gasteiger partial charge in [-0.05, 0) is 56.1 Å². The number of benzene rings is 1. The van der Waals surface area contributed by atoms with Crippen molar-refractivity contribution in [3.8, 4) is 0 Å². The summed E-state index contributed by atoms with van der Waals surface area (Å²) in [5.74, 6) is 0.836. The van der Waals surface area contributed by atoms with Crippen LogP contribution in [-0.2, 0) is 11.3 Å². The van der Waals surface area contributed by atoms with Gasteiger partial charge in [0.2, 0.25) is 0 Å². The quantitative estimate of drug-likeness (QED) is 0.832. The summed E-state index contributed by atoms with van der Waals surface area (Å²) in [5.41, 5.74) is 1.11. The van der Waals surface area contributed by atoms with E-state index in [1.165, 1.54) is 38.5 Å². The van der Waals surface area contributed by atoms with Crippen LogP contribution < -0.4 is 5.32 Å². The lowest BCUT2D eigenvalue weighted by atomic mass is 9.79. The third kappa shape index (κ3) is 4.21. The molecule has 1 N–H and O–H groups in total. The van der Waals surface area contributed by atoms with E-state index in [1.54, 1.807) is 0 Å². The Morgan fingerprint density at radius 3 is 2.57 bits per heavy atom. The van der Waals surface area contributed by atoms with Crippen LogP contribution in [-0.4, -0.2) is 18.2 Å². The maximum Gasteiger partial charge on any atom is 0.0811 e. The zero-order valence-electron chi connectivity index (χ0n) is 12.9. The smallest absolute Gasteiger partial charge is 0.0811 e. The molecule has 0 unspecified atom stereocenters. The van der Waals surface area contributed by atoms with Crippen molar-refractivity contribution in [1.82, 2.24) is 5.32 Å². The fourth-order valence-electron chi connectivity index (χ4n) is 3.12. The zero-order chi connectivity index (χ0) is 14.7. The molecule has 1 aromatic rings. The molecule has 2 aliphatic rings. The van der Waals surface area contributed by atoms with Crippen molar-refractivity contribution >= 4 is 11.6 Å². The van der Waals surface area contributed by atoms with Gasteiger partial charge in [0.25, 0.3) is 0 Å². The van der Waals surface area contributed by atoms with Gasteiger partial charge in [-0.1, -0.05) is 36.7 Å². The highest BCUT2D eigenvalue weighted by Gasteiger charge is 2.36. The summed E-state index contributed by atoms with van der Waals surface area (Å²) >= 11 is 6.25. The summed E-state index contributed by atoms with van der Waals surface area (Å²) in [6.07, 6.45) is 7.54. The molecule has 116 valence electrons. The van der Waals surface area contributed by atoms with Crippen molar-refractivity contribution in [3.63, 3.8) is 0 Å². The van der Waals surface area contributed by atoms with E-state index >= 15 is 0 Å². The van der Waals surface area contributed by atoms with E-state index in [1.807, 2.05) is 18.2 Å². The van der Waals surface area contributed by atoms with Crippen LogP contribution in [0, 0.1) is 5.92 Å². The van der Waals surface area contributed by atoms with Gasteiger partial charge >= 0.3 is 0 Å². The number of nitrogens with one attached hydrogen (secondary N) is 1. The highest BCUT2D eigenvalue weighted by atomic mass is 35.5. The second-order valence-corrected chi connectivity index (χ2v) is 7.31. The number of hydrogen-bond acceptors (Lipinski definition) is 2. The predicted octanol–water partition coefficient (Wildman–Crippen LogP) is 4.56. The molecule has 3 heteroatoms. The lowest BCUT2D eigenvalue weighted by molar-refractivity contribution is -0.0851. The Kier molecular flexibility index (Phi) is 4.88. The van der Waals surface area contributed by atoms with Crippen molar-refractivity contribution in [2.24, 2.45) is 5.92 Å². The van der Waals surface area contributed by atoms with Gasteiger partial charge in [0.1, 0.15) is 0 Å². The number of ether oxygens (including phenoxy) is 1. The lowest BCUT2D eigenvalue weighted by Crippen LogP contribution is -2.46. The van der Waals surface area contributed by atoms with Crippen LogP contribution in [0.3, 0.4) is 0 Å². The molecule has 2 nitrogen and oxygen atoms in total. The van der Waals surface area contributed by atoms with Crippen LogP contribution in [0.15, 0.2) is 24.3 Å². The Balaban J connectivity index is 1.62. The molecule has 2 fully saturated rings. The van der Waals surface area contributed by atoms with Crippen molar-refractivity contribution in [2.75, 3.05) is 6.54 Å². The van der Waals surface area contributed by atoms with Crippen LogP contribution >= 0.6 is 11.6 Å². The predicted molar refractivity (Wildman–Crippen MR) is 87.6 cm³/mol. The van der Waals surface area contributed by atoms with E-state index in [4.69, 9.17) is 16.3 Å². The van der Waals surface area contributed by atoms with Crippen molar-refractivity contribution in [1.29, 1.82) is 0 Å². The van der Waals surface area contributed by atoms with Gasteiger partial charge in [-0.3, -0.25) is 0 Å². The number of halogens is 1. The first-order valence-electron chi connectivity index (χ1n) is 8.28. The summed E-state index contributed by atoms with van der Waals surface area (Å²) < 4.78 is 6.42. The van der Waals surface area contributed by atoms with E-state index in [-0.39, 0.29) is 5.60 Å². The second-order valence-electron chi connectivity index (χ2n) is 6.90. The first kappa shape index (κ1) is 15.3. The van der Waals surface area contributed by atoms with Gasteiger partial charge in [0.15, 0.2) is 0 Å². The molecule has 0 atom stereocenters. The Morgan fingerprint density at radius 1 is 1.19 bits per heavy atom. The van der Waals surface area contributed by atoms with Gasteiger partial charge in [0.05, 0.1) is 12.2 Å². The molecule has 0 spiro atoms. The van der Waals surface area contributed by atoms with Gasteiger partial charge in [-0.25, -0.2) is 0 Å². The molecule has 0 radical (unpaired) electrons. The average molecular weight is 308 g/mol. The summed E-state index contributed by atoms with van der Waals surface area (Å²) in [4.78, 5) is 0. The Labute approximate surface area is 133 Å². The Bertz CT molecular complexity index is 464. The first-order valence-corrected chi connectivity index (χ1v) is 8.65. The number of rotatable bonds is 6. The van der Waals surface area contributed by atoms with Crippen LogP contribution in [0.4, 0.5) is 0 Å². The van der Waals surface area contributed by atoms with E-state index in [2.05, 4.69) is 18.3 Å². The van der Waals surface area contributed by atoms with E-state index in [0.717, 1.165) is 29.1 Å². The highest BCUT2D eigenvalue weighted by molar-refractivity contribution is 6.31. The molecular weight excluding hydrogens is 282 g/mol. The van der Waals surface area contributed by atoms with Crippen LogP contribution in [0.5, 0.6) is 0 Å². The monoisotopic (exact) mass is 307 g/mol. The van der Waals surface area contributed by atoms with E-state index in [9.17, 15) is 0 Å². The van der Waals surface area contributed by atoms with Crippen molar-refractivity contribution < 1.29 is 4.74 Å². The zero-order valence-corrected chi connectivity index (χ0v) is 13.7. The first-order chi connectivity index (χ1) is 10.2. The average Bonchev–Trinajstić information content (AvgIpc) is 3.31. The van der Waals surface area contributed by atoms with Gasteiger partial charge < -0.3 is 10.1 Å². The fraction of sp³-hybridized carbons (Fsp3) is 0.667. The lowest BCUT2D eigenvalue weighted by Gasteiger charge is -2.40. The van der Waals surface area contributed by atoms with Crippen LogP contribution in [0.25, 0.3) is 0 Å². The molecule has 0 aromatic heterocycles. The number of hydrogen-bond donors (Lipinski definition) is 1. The van der Waals surface area contributed by atoms with Gasteiger partial charge in [-0.15, -0.1) is 0 Å². The molecule has 0 saturated heterocycles. The highest BCUT2D eigenvalue weighted by Crippen LogP contribution is 2.36. The molecule has 0 amide bonds. The third-order valence-electron chi connectivity index (χ3n) is 4.97. The topological polar surface area (TPSA) is 21.3 Å². The minimum Gasteiger partial charge on any atom is -0.369 e. The fourth-order valence-corrected chi connectivity index (χ4v) is 3.31. The van der Waals surface area contributed by atoms with E-state index in [0.29, 0.717) is 6.61 Å². The molecule has 1 aromatic carbocycles. The standard InChI is InChI=1S/C18H26ClNO/c1-14-8-10-18(11-9-14,13-20-16-6-7-16)21-12-15-4-2-3-5-17(15)19/h2-5,14,16,20H,6-13H2,1H3. The van der Waals surface area contributed by atoms with Crippen LogP contribution in [0.2, 0.25) is 5.02 Å². The molecule has 0 bridgehead atoms. The largest absolute Gasteiger partial charge is 0.369 e. The van der Waals surface area contributed by atoms with Crippen molar-refractivity contribution in [2.45, 2.75) is 63.7 Å². The molecule has 21 heavy (non-hydrogen) atoms. The molecule has 3 rings (SSSR count).